The average molecular weight is 233 g/mol. The van der Waals surface area contributed by atoms with Crippen molar-refractivity contribution in [2.24, 2.45) is 0 Å². The minimum atomic E-state index is -1.56. The van der Waals surface area contributed by atoms with Gasteiger partial charge in [-0.15, -0.1) is 0 Å². The molecule has 0 aromatic carbocycles. The molecule has 1 N–H and O–H groups in total. The largest absolute Gasteiger partial charge is 0.366 e. The SMILES string of the molecule is ClC(Cl)(Cl)C1(Cl)C=CC=CN1. The Hall–Kier alpha value is 0.440. The van der Waals surface area contributed by atoms with Gasteiger partial charge in [-0.1, -0.05) is 52.5 Å². The van der Waals surface area contributed by atoms with Gasteiger partial charge in [0, 0.05) is 0 Å². The topological polar surface area (TPSA) is 12.0 Å². The first-order valence-corrected chi connectivity index (χ1v) is 4.35. The maximum atomic E-state index is 5.91. The molecule has 0 aliphatic carbocycles. The fourth-order valence-electron chi connectivity index (χ4n) is 0.638. The van der Waals surface area contributed by atoms with Crippen molar-refractivity contribution in [3.63, 3.8) is 0 Å². The van der Waals surface area contributed by atoms with E-state index in [1.54, 1.807) is 24.4 Å². The molecule has 1 aliphatic rings. The van der Waals surface area contributed by atoms with Crippen molar-refractivity contribution in [2.75, 3.05) is 0 Å². The summed E-state index contributed by atoms with van der Waals surface area (Å²) in [5, 5.41) is 2.74. The Bertz CT molecular complexity index is 205. The molecular weight excluding hydrogens is 228 g/mol. The Morgan fingerprint density at radius 2 is 1.82 bits per heavy atom. The predicted octanol–water partition coefficient (Wildman–Crippen LogP) is 2.96. The first-order valence-electron chi connectivity index (χ1n) is 2.83. The van der Waals surface area contributed by atoms with E-state index in [1.807, 2.05) is 0 Å². The summed E-state index contributed by atoms with van der Waals surface area (Å²) in [5.74, 6) is 0. The van der Waals surface area contributed by atoms with Crippen molar-refractivity contribution >= 4 is 46.4 Å². The Labute approximate surface area is 84.9 Å². The predicted molar refractivity (Wildman–Crippen MR) is 50.3 cm³/mol. The monoisotopic (exact) mass is 231 g/mol. The van der Waals surface area contributed by atoms with E-state index >= 15 is 0 Å². The highest BCUT2D eigenvalue weighted by molar-refractivity contribution is 6.71. The summed E-state index contributed by atoms with van der Waals surface area (Å²) in [6.45, 7) is 0. The number of hydrogen-bond donors (Lipinski definition) is 1. The van der Waals surface area contributed by atoms with E-state index in [9.17, 15) is 0 Å². The molecule has 1 nitrogen and oxygen atoms in total. The molecule has 1 heterocycles. The zero-order valence-electron chi connectivity index (χ0n) is 5.32. The van der Waals surface area contributed by atoms with Crippen LogP contribution in [0.25, 0.3) is 0 Å². The van der Waals surface area contributed by atoms with E-state index in [-0.39, 0.29) is 0 Å². The summed E-state index contributed by atoms with van der Waals surface area (Å²) in [7, 11) is 0. The van der Waals surface area contributed by atoms with Crippen molar-refractivity contribution in [1.29, 1.82) is 0 Å². The van der Waals surface area contributed by atoms with Crippen LogP contribution in [-0.4, -0.2) is 8.79 Å². The molecule has 0 spiro atoms. The molecule has 0 saturated heterocycles. The number of rotatable bonds is 0. The van der Waals surface area contributed by atoms with Gasteiger partial charge >= 0.3 is 0 Å². The van der Waals surface area contributed by atoms with Gasteiger partial charge in [-0.3, -0.25) is 0 Å². The van der Waals surface area contributed by atoms with Crippen LogP contribution in [0, 0.1) is 0 Å². The molecular formula is C6H5Cl4N. The molecule has 1 unspecified atom stereocenters. The number of alkyl halides is 4. The minimum Gasteiger partial charge on any atom is -0.366 e. The van der Waals surface area contributed by atoms with Gasteiger partial charge in [0.2, 0.25) is 3.79 Å². The lowest BCUT2D eigenvalue weighted by atomic mass is 10.2. The minimum absolute atomic E-state index is 1.13. The second kappa shape index (κ2) is 3.06. The van der Waals surface area contributed by atoms with Crippen molar-refractivity contribution < 1.29 is 0 Å². The molecule has 0 amide bonds. The summed E-state index contributed by atoms with van der Waals surface area (Å²) in [6.07, 6.45) is 6.68. The first-order chi connectivity index (χ1) is 4.96. The summed E-state index contributed by atoms with van der Waals surface area (Å²) in [5.41, 5.74) is 0. The molecule has 0 fully saturated rings. The van der Waals surface area contributed by atoms with Crippen molar-refractivity contribution in [1.82, 2.24) is 5.32 Å². The van der Waals surface area contributed by atoms with Crippen LogP contribution in [0.5, 0.6) is 0 Å². The molecule has 1 rings (SSSR count). The number of hydrogen-bond acceptors (Lipinski definition) is 1. The molecule has 0 bridgehead atoms. The molecule has 11 heavy (non-hydrogen) atoms. The van der Waals surface area contributed by atoms with E-state index in [4.69, 9.17) is 46.4 Å². The Kier molecular flexibility index (Phi) is 2.65. The van der Waals surface area contributed by atoms with Gasteiger partial charge < -0.3 is 5.32 Å². The molecule has 1 aliphatic heterocycles. The van der Waals surface area contributed by atoms with Gasteiger partial charge in [0.15, 0.2) is 5.00 Å². The normalized spacial score (nSPS) is 30.2. The van der Waals surface area contributed by atoms with Crippen molar-refractivity contribution in [3.05, 3.63) is 24.4 Å². The number of dihydropyridines is 1. The highest BCUT2D eigenvalue weighted by Crippen LogP contribution is 2.42. The lowest BCUT2D eigenvalue weighted by Crippen LogP contribution is -2.47. The zero-order valence-corrected chi connectivity index (χ0v) is 8.34. The third kappa shape index (κ3) is 1.97. The van der Waals surface area contributed by atoms with Gasteiger partial charge in [0.1, 0.15) is 0 Å². The lowest BCUT2D eigenvalue weighted by molar-refractivity contribution is 0.636. The van der Waals surface area contributed by atoms with Crippen LogP contribution in [0.15, 0.2) is 24.4 Å². The highest BCUT2D eigenvalue weighted by atomic mass is 35.6. The Balaban J connectivity index is 2.84. The smallest absolute Gasteiger partial charge is 0.230 e. The van der Waals surface area contributed by atoms with E-state index in [0.717, 1.165) is 0 Å². The zero-order chi connectivity index (χ0) is 8.54. The second-order valence-corrected chi connectivity index (χ2v) is 4.95. The Morgan fingerprint density at radius 3 is 2.09 bits per heavy atom. The summed E-state index contributed by atoms with van der Waals surface area (Å²) < 4.78 is -1.56. The summed E-state index contributed by atoms with van der Waals surface area (Å²) in [4.78, 5) is -1.13. The quantitative estimate of drug-likeness (QED) is 0.500. The van der Waals surface area contributed by atoms with Gasteiger partial charge in [0.05, 0.1) is 0 Å². The molecule has 0 saturated carbocycles. The fraction of sp³-hybridized carbons (Fsp3) is 0.333. The molecule has 1 atom stereocenters. The van der Waals surface area contributed by atoms with Crippen LogP contribution in [0.3, 0.4) is 0 Å². The second-order valence-electron chi connectivity index (χ2n) is 2.07. The van der Waals surface area contributed by atoms with Crippen LogP contribution in [0.4, 0.5) is 0 Å². The lowest BCUT2D eigenvalue weighted by Gasteiger charge is -2.32. The van der Waals surface area contributed by atoms with Crippen LogP contribution in [0.2, 0.25) is 0 Å². The van der Waals surface area contributed by atoms with Gasteiger partial charge in [-0.25, -0.2) is 0 Å². The van der Waals surface area contributed by atoms with E-state index in [2.05, 4.69) is 5.32 Å². The summed E-state index contributed by atoms with van der Waals surface area (Å²) in [6, 6.07) is 0. The van der Waals surface area contributed by atoms with Crippen LogP contribution in [0.1, 0.15) is 0 Å². The van der Waals surface area contributed by atoms with Gasteiger partial charge in [-0.05, 0) is 18.4 Å². The number of allylic oxidation sites excluding steroid dienone is 2. The standard InChI is InChI=1S/C6H5Cl4N/c7-5(6(8,9)10)3-1-2-4-11-5/h1-4,11H. The van der Waals surface area contributed by atoms with Crippen molar-refractivity contribution in [2.45, 2.75) is 8.79 Å². The van der Waals surface area contributed by atoms with Crippen LogP contribution in [-0.2, 0) is 0 Å². The molecule has 0 radical (unpaired) electrons. The van der Waals surface area contributed by atoms with E-state index < -0.39 is 8.79 Å². The third-order valence-electron chi connectivity index (χ3n) is 1.24. The Morgan fingerprint density at radius 1 is 1.18 bits per heavy atom. The average Bonchev–Trinajstić information content (AvgIpc) is 1.87. The van der Waals surface area contributed by atoms with E-state index in [0.29, 0.717) is 0 Å². The third-order valence-corrected chi connectivity index (χ3v) is 2.94. The molecule has 5 heteroatoms. The van der Waals surface area contributed by atoms with Crippen LogP contribution < -0.4 is 5.32 Å². The van der Waals surface area contributed by atoms with Crippen LogP contribution >= 0.6 is 46.4 Å². The van der Waals surface area contributed by atoms with Crippen molar-refractivity contribution in [3.8, 4) is 0 Å². The van der Waals surface area contributed by atoms with Gasteiger partial charge in [0.25, 0.3) is 0 Å². The summed E-state index contributed by atoms with van der Waals surface area (Å²) >= 11 is 22.7. The fourth-order valence-corrected chi connectivity index (χ4v) is 1.13. The van der Waals surface area contributed by atoms with Gasteiger partial charge in [-0.2, -0.15) is 0 Å². The number of nitrogens with one attached hydrogen (secondary N) is 1. The number of halogens is 4. The highest BCUT2D eigenvalue weighted by Gasteiger charge is 2.45. The molecule has 0 aromatic rings. The molecule has 62 valence electrons. The first kappa shape index (κ1) is 9.53. The molecule has 0 aromatic heterocycles. The maximum Gasteiger partial charge on any atom is 0.230 e. The van der Waals surface area contributed by atoms with E-state index in [1.165, 1.54) is 0 Å². The maximum absolute atomic E-state index is 5.91.